The maximum absolute atomic E-state index is 11.7. The predicted molar refractivity (Wildman–Crippen MR) is 76.9 cm³/mol. The van der Waals surface area contributed by atoms with Crippen molar-refractivity contribution >= 4 is 11.7 Å². The van der Waals surface area contributed by atoms with E-state index in [0.717, 1.165) is 12.8 Å². The van der Waals surface area contributed by atoms with Crippen molar-refractivity contribution in [2.75, 3.05) is 0 Å². The summed E-state index contributed by atoms with van der Waals surface area (Å²) >= 11 is 0. The average molecular weight is 261 g/mol. The first-order valence-electron chi connectivity index (χ1n) is 6.73. The molecule has 0 spiro atoms. The van der Waals surface area contributed by atoms with Crippen molar-refractivity contribution in [1.82, 2.24) is 5.32 Å². The van der Waals surface area contributed by atoms with Gasteiger partial charge in [-0.3, -0.25) is 4.79 Å². The van der Waals surface area contributed by atoms with Gasteiger partial charge in [0.25, 0.3) is 0 Å². The highest BCUT2D eigenvalue weighted by Crippen LogP contribution is 2.14. The lowest BCUT2D eigenvalue weighted by Crippen LogP contribution is -2.43. The summed E-state index contributed by atoms with van der Waals surface area (Å²) in [5.74, 6) is 0.00510. The first-order valence-corrected chi connectivity index (χ1v) is 6.73. The van der Waals surface area contributed by atoms with Gasteiger partial charge in [-0.05, 0) is 39.2 Å². The molecule has 0 aliphatic carbocycles. The topological polar surface area (TPSA) is 46.2 Å². The third kappa shape index (κ3) is 6.75. The predicted octanol–water partition coefficient (Wildman–Crippen LogP) is 2.88. The minimum absolute atomic E-state index is 0.0479. The van der Waals surface area contributed by atoms with E-state index in [9.17, 15) is 9.59 Å². The minimum atomic E-state index is -0.246. The largest absolute Gasteiger partial charge is 0.351 e. The molecule has 104 valence electrons. The molecule has 0 heterocycles. The molecule has 1 aromatic rings. The number of hydrogen-bond acceptors (Lipinski definition) is 2. The Morgan fingerprint density at radius 3 is 2.32 bits per heavy atom. The highest BCUT2D eigenvalue weighted by molar-refractivity contribution is 5.83. The molecule has 19 heavy (non-hydrogen) atoms. The molecule has 0 bridgehead atoms. The summed E-state index contributed by atoms with van der Waals surface area (Å²) in [6, 6.07) is 10.2. The van der Waals surface area contributed by atoms with E-state index in [1.54, 1.807) is 0 Å². The molecule has 0 saturated carbocycles. The molecule has 0 fully saturated rings. The second-order valence-electron chi connectivity index (χ2n) is 5.62. The lowest BCUT2D eigenvalue weighted by Gasteiger charge is -2.26. The molecule has 3 heteroatoms. The lowest BCUT2D eigenvalue weighted by molar-refractivity contribution is -0.125. The van der Waals surface area contributed by atoms with Crippen molar-refractivity contribution < 1.29 is 9.59 Å². The number of carbonyl (C=O) groups excluding carboxylic acids is 2. The summed E-state index contributed by atoms with van der Waals surface area (Å²) < 4.78 is 0. The van der Waals surface area contributed by atoms with Crippen LogP contribution in [0.4, 0.5) is 0 Å². The molecule has 0 aliphatic heterocycles. The second-order valence-corrected chi connectivity index (χ2v) is 5.62. The summed E-state index contributed by atoms with van der Waals surface area (Å²) in [7, 11) is 0. The summed E-state index contributed by atoms with van der Waals surface area (Å²) in [6.45, 7) is 5.54. The molecule has 0 aliphatic rings. The first-order chi connectivity index (χ1) is 8.89. The van der Waals surface area contributed by atoms with Crippen LogP contribution in [-0.2, 0) is 16.0 Å². The van der Waals surface area contributed by atoms with Crippen LogP contribution in [0.25, 0.3) is 0 Å². The van der Waals surface area contributed by atoms with Gasteiger partial charge in [0.15, 0.2) is 0 Å². The van der Waals surface area contributed by atoms with Crippen molar-refractivity contribution in [3.8, 4) is 0 Å². The van der Waals surface area contributed by atoms with Crippen LogP contribution in [-0.4, -0.2) is 17.2 Å². The zero-order valence-electron chi connectivity index (χ0n) is 12.0. The lowest BCUT2D eigenvalue weighted by atomic mass is 9.95. The van der Waals surface area contributed by atoms with Gasteiger partial charge in [-0.25, -0.2) is 0 Å². The summed E-state index contributed by atoms with van der Waals surface area (Å²) in [4.78, 5) is 22.6. The van der Waals surface area contributed by atoms with Gasteiger partial charge in [0.05, 0.1) is 0 Å². The van der Waals surface area contributed by atoms with E-state index in [0.29, 0.717) is 6.42 Å². The van der Waals surface area contributed by atoms with E-state index < -0.39 is 0 Å². The second kappa shape index (κ2) is 7.07. The highest BCUT2D eigenvalue weighted by Gasteiger charge is 2.20. The monoisotopic (exact) mass is 261 g/mol. The SMILES string of the molecule is CC(=O)CCC(=O)NC(C)(C)CCc1ccccc1. The van der Waals surface area contributed by atoms with E-state index in [-0.39, 0.29) is 23.7 Å². The molecule has 1 aromatic carbocycles. The Bertz CT molecular complexity index is 424. The average Bonchev–Trinajstić information content (AvgIpc) is 2.35. The van der Waals surface area contributed by atoms with Crippen LogP contribution >= 0.6 is 0 Å². The van der Waals surface area contributed by atoms with Crippen molar-refractivity contribution in [3.05, 3.63) is 35.9 Å². The molecule has 0 saturated heterocycles. The molecule has 0 unspecified atom stereocenters. The molecule has 1 amide bonds. The fourth-order valence-corrected chi connectivity index (χ4v) is 1.89. The van der Waals surface area contributed by atoms with Gasteiger partial charge in [0, 0.05) is 18.4 Å². The number of carbonyl (C=O) groups is 2. The zero-order valence-corrected chi connectivity index (χ0v) is 12.0. The number of amides is 1. The molecule has 0 aromatic heterocycles. The van der Waals surface area contributed by atoms with Gasteiger partial charge in [-0.15, -0.1) is 0 Å². The Labute approximate surface area is 115 Å². The molecule has 0 radical (unpaired) electrons. The third-order valence-electron chi connectivity index (χ3n) is 3.06. The molecular formula is C16H23NO2. The van der Waals surface area contributed by atoms with Gasteiger partial charge in [-0.2, -0.15) is 0 Å². The quantitative estimate of drug-likeness (QED) is 0.820. The Hall–Kier alpha value is -1.64. The minimum Gasteiger partial charge on any atom is -0.351 e. The molecule has 3 nitrogen and oxygen atoms in total. The van der Waals surface area contributed by atoms with Crippen LogP contribution in [0.15, 0.2) is 30.3 Å². The number of hydrogen-bond donors (Lipinski definition) is 1. The number of ketones is 1. The van der Waals surface area contributed by atoms with Crippen molar-refractivity contribution in [1.29, 1.82) is 0 Å². The Kier molecular flexibility index (Phi) is 5.74. The standard InChI is InChI=1S/C16H23NO2/c1-13(18)9-10-15(19)17-16(2,3)12-11-14-7-5-4-6-8-14/h4-8H,9-12H2,1-3H3,(H,17,19). The number of rotatable bonds is 7. The van der Waals surface area contributed by atoms with Crippen molar-refractivity contribution in [2.45, 2.75) is 52.0 Å². The van der Waals surface area contributed by atoms with Crippen LogP contribution in [0.5, 0.6) is 0 Å². The van der Waals surface area contributed by atoms with Crippen molar-refractivity contribution in [2.24, 2.45) is 0 Å². The zero-order chi connectivity index (χ0) is 14.3. The molecular weight excluding hydrogens is 238 g/mol. The van der Waals surface area contributed by atoms with Gasteiger partial charge >= 0.3 is 0 Å². The number of benzene rings is 1. The molecule has 1 rings (SSSR count). The fraction of sp³-hybridized carbons (Fsp3) is 0.500. The summed E-state index contributed by atoms with van der Waals surface area (Å²) in [5, 5.41) is 2.99. The maximum Gasteiger partial charge on any atom is 0.220 e. The maximum atomic E-state index is 11.7. The van der Waals surface area contributed by atoms with E-state index in [2.05, 4.69) is 17.4 Å². The van der Waals surface area contributed by atoms with Crippen LogP contribution in [0, 0.1) is 0 Å². The third-order valence-corrected chi connectivity index (χ3v) is 3.06. The number of nitrogens with one attached hydrogen (secondary N) is 1. The summed E-state index contributed by atoms with van der Waals surface area (Å²) in [6.07, 6.45) is 2.41. The van der Waals surface area contributed by atoms with E-state index in [4.69, 9.17) is 0 Å². The highest BCUT2D eigenvalue weighted by atomic mass is 16.2. The normalized spacial score (nSPS) is 11.1. The van der Waals surface area contributed by atoms with E-state index in [1.165, 1.54) is 12.5 Å². The van der Waals surface area contributed by atoms with Crippen LogP contribution in [0.3, 0.4) is 0 Å². The van der Waals surface area contributed by atoms with Gasteiger partial charge in [0.1, 0.15) is 5.78 Å². The van der Waals surface area contributed by atoms with Gasteiger partial charge < -0.3 is 10.1 Å². The fourth-order valence-electron chi connectivity index (χ4n) is 1.89. The van der Waals surface area contributed by atoms with E-state index in [1.807, 2.05) is 32.0 Å². The van der Waals surface area contributed by atoms with Crippen LogP contribution in [0.2, 0.25) is 0 Å². The van der Waals surface area contributed by atoms with E-state index >= 15 is 0 Å². The molecule has 0 atom stereocenters. The summed E-state index contributed by atoms with van der Waals surface area (Å²) in [5.41, 5.74) is 1.03. The van der Waals surface area contributed by atoms with Gasteiger partial charge in [0.2, 0.25) is 5.91 Å². The van der Waals surface area contributed by atoms with Crippen LogP contribution in [0.1, 0.15) is 45.6 Å². The molecule has 1 N–H and O–H groups in total. The first kappa shape index (κ1) is 15.4. The van der Waals surface area contributed by atoms with Gasteiger partial charge in [-0.1, -0.05) is 30.3 Å². The Morgan fingerprint density at radius 2 is 1.74 bits per heavy atom. The number of Topliss-reactive ketones (excluding diaryl/α,β-unsaturated/α-hetero) is 1. The van der Waals surface area contributed by atoms with Crippen LogP contribution < -0.4 is 5.32 Å². The smallest absolute Gasteiger partial charge is 0.220 e. The Morgan fingerprint density at radius 1 is 1.11 bits per heavy atom. The number of aryl methyl sites for hydroxylation is 1. The Balaban J connectivity index is 2.38. The van der Waals surface area contributed by atoms with Crippen molar-refractivity contribution in [3.63, 3.8) is 0 Å².